The van der Waals surface area contributed by atoms with Gasteiger partial charge in [0.2, 0.25) is 11.8 Å². The van der Waals surface area contributed by atoms with Crippen molar-refractivity contribution in [2.45, 2.75) is 56.5 Å². The molecule has 0 saturated heterocycles. The van der Waals surface area contributed by atoms with Crippen LogP contribution in [0.2, 0.25) is 0 Å². The van der Waals surface area contributed by atoms with Crippen LogP contribution in [0.3, 0.4) is 0 Å². The molecule has 42 heavy (non-hydrogen) atoms. The zero-order chi connectivity index (χ0) is 30.7. The van der Waals surface area contributed by atoms with Gasteiger partial charge in [-0.1, -0.05) is 63.2 Å². The van der Waals surface area contributed by atoms with Crippen molar-refractivity contribution in [2.24, 2.45) is 5.92 Å². The number of ether oxygens (including phenoxy) is 1. The lowest BCUT2D eigenvalue weighted by Crippen LogP contribution is -2.52. The molecule has 0 radical (unpaired) electrons. The molecular formula is C32H41N3O5S2. The van der Waals surface area contributed by atoms with Crippen molar-refractivity contribution in [1.82, 2.24) is 10.2 Å². The van der Waals surface area contributed by atoms with Gasteiger partial charge in [0.1, 0.15) is 18.3 Å². The molecule has 226 valence electrons. The van der Waals surface area contributed by atoms with Gasteiger partial charge in [-0.2, -0.15) is 0 Å². The number of nitrogens with one attached hydrogen (secondary N) is 1. The molecule has 3 rings (SSSR count). The summed E-state index contributed by atoms with van der Waals surface area (Å²) in [5.41, 5.74) is 1.08. The number of benzene rings is 3. The SMILES string of the molecule is CCOc1ccccc1N(CC(=O)N(Cc1ccccc1)[C@@H](CC)C(=O)NCC(C)C)S(=O)(=O)c1ccc(SC)cc1. The van der Waals surface area contributed by atoms with Crippen molar-refractivity contribution in [3.8, 4) is 5.75 Å². The van der Waals surface area contributed by atoms with Crippen LogP contribution in [-0.4, -0.2) is 57.1 Å². The second-order valence-electron chi connectivity index (χ2n) is 10.2. The van der Waals surface area contributed by atoms with E-state index >= 15 is 0 Å². The van der Waals surface area contributed by atoms with E-state index in [1.165, 1.54) is 28.8 Å². The topological polar surface area (TPSA) is 96.0 Å². The zero-order valence-corrected chi connectivity index (χ0v) is 26.6. The maximum absolute atomic E-state index is 14.2. The Kier molecular flexibility index (Phi) is 12.3. The van der Waals surface area contributed by atoms with Crippen molar-refractivity contribution in [3.05, 3.63) is 84.4 Å². The monoisotopic (exact) mass is 611 g/mol. The Morgan fingerprint density at radius 3 is 2.17 bits per heavy atom. The first-order valence-electron chi connectivity index (χ1n) is 14.1. The largest absolute Gasteiger partial charge is 0.492 e. The van der Waals surface area contributed by atoms with E-state index in [-0.39, 0.29) is 29.0 Å². The van der Waals surface area contributed by atoms with Gasteiger partial charge in [0.15, 0.2) is 0 Å². The number of hydrogen-bond acceptors (Lipinski definition) is 6. The lowest BCUT2D eigenvalue weighted by molar-refractivity contribution is -0.140. The molecule has 8 nitrogen and oxygen atoms in total. The summed E-state index contributed by atoms with van der Waals surface area (Å²) in [6.45, 7) is 8.07. The Bertz CT molecular complexity index is 1410. The molecule has 0 bridgehead atoms. The third-order valence-electron chi connectivity index (χ3n) is 6.63. The lowest BCUT2D eigenvalue weighted by Gasteiger charge is -2.33. The fourth-order valence-corrected chi connectivity index (χ4v) is 6.28. The molecule has 0 aromatic heterocycles. The zero-order valence-electron chi connectivity index (χ0n) is 24.9. The van der Waals surface area contributed by atoms with Crippen molar-refractivity contribution in [2.75, 3.05) is 30.3 Å². The molecule has 1 N–H and O–H groups in total. The Morgan fingerprint density at radius 2 is 1.57 bits per heavy atom. The first-order chi connectivity index (χ1) is 20.1. The predicted octanol–water partition coefficient (Wildman–Crippen LogP) is 5.58. The summed E-state index contributed by atoms with van der Waals surface area (Å²) >= 11 is 1.50. The summed E-state index contributed by atoms with van der Waals surface area (Å²) in [6.07, 6.45) is 2.27. The van der Waals surface area contributed by atoms with Gasteiger partial charge >= 0.3 is 0 Å². The minimum Gasteiger partial charge on any atom is -0.492 e. The quantitative estimate of drug-likeness (QED) is 0.226. The average Bonchev–Trinajstić information content (AvgIpc) is 2.99. The summed E-state index contributed by atoms with van der Waals surface area (Å²) in [5.74, 6) is -0.195. The average molecular weight is 612 g/mol. The number of nitrogens with zero attached hydrogens (tertiary/aromatic N) is 2. The van der Waals surface area contributed by atoms with E-state index in [1.807, 2.05) is 64.3 Å². The number of rotatable bonds is 15. The number of para-hydroxylation sites is 2. The standard InChI is InChI=1S/C32H41N3O5S2/c1-6-28(32(37)33-21-24(3)4)34(22-25-13-9-8-10-14-25)31(36)23-35(29-15-11-12-16-30(29)40-7-2)42(38,39)27-19-17-26(41-5)18-20-27/h8-20,24,28H,6-7,21-23H2,1-5H3,(H,33,37)/t28-/m0/s1. The first-order valence-corrected chi connectivity index (χ1v) is 16.8. The smallest absolute Gasteiger partial charge is 0.264 e. The molecule has 2 amide bonds. The van der Waals surface area contributed by atoms with E-state index < -0.39 is 28.5 Å². The van der Waals surface area contributed by atoms with E-state index in [4.69, 9.17) is 4.74 Å². The number of carbonyl (C=O) groups is 2. The first kappa shape index (κ1) is 33.0. The number of sulfonamides is 1. The second-order valence-corrected chi connectivity index (χ2v) is 12.9. The van der Waals surface area contributed by atoms with E-state index in [0.717, 1.165) is 14.8 Å². The van der Waals surface area contributed by atoms with Gasteiger partial charge < -0.3 is 15.0 Å². The maximum atomic E-state index is 14.2. The number of thioether (sulfide) groups is 1. The molecule has 0 heterocycles. The van der Waals surface area contributed by atoms with Gasteiger partial charge in [-0.25, -0.2) is 8.42 Å². The predicted molar refractivity (Wildman–Crippen MR) is 169 cm³/mol. The lowest BCUT2D eigenvalue weighted by atomic mass is 10.1. The van der Waals surface area contributed by atoms with Crippen molar-refractivity contribution in [1.29, 1.82) is 0 Å². The summed E-state index contributed by atoms with van der Waals surface area (Å²) < 4.78 is 35.2. The molecule has 0 aliphatic carbocycles. The summed E-state index contributed by atoms with van der Waals surface area (Å²) in [6, 6.07) is 21.9. The van der Waals surface area contributed by atoms with Gasteiger partial charge in [0, 0.05) is 18.0 Å². The fraction of sp³-hybridized carbons (Fsp3) is 0.375. The Balaban J connectivity index is 2.09. The molecule has 1 atom stereocenters. The van der Waals surface area contributed by atoms with Gasteiger partial charge in [-0.05, 0) is 67.5 Å². The van der Waals surface area contributed by atoms with E-state index in [1.54, 1.807) is 36.4 Å². The normalized spacial score (nSPS) is 12.0. The van der Waals surface area contributed by atoms with Crippen molar-refractivity contribution >= 4 is 39.3 Å². The summed E-state index contributed by atoms with van der Waals surface area (Å²) in [5, 5.41) is 2.95. The molecule has 0 aliphatic rings. The van der Waals surface area contributed by atoms with Crippen LogP contribution in [0.25, 0.3) is 0 Å². The van der Waals surface area contributed by atoms with Crippen LogP contribution in [0.4, 0.5) is 5.69 Å². The molecule has 0 aliphatic heterocycles. The highest BCUT2D eigenvalue weighted by Gasteiger charge is 2.34. The molecule has 0 saturated carbocycles. The fourth-order valence-electron chi connectivity index (χ4n) is 4.45. The van der Waals surface area contributed by atoms with Crippen LogP contribution in [0.15, 0.2) is 88.7 Å². The number of carbonyl (C=O) groups excluding carboxylic acids is 2. The van der Waals surface area contributed by atoms with Crippen molar-refractivity contribution in [3.63, 3.8) is 0 Å². The van der Waals surface area contributed by atoms with Crippen LogP contribution >= 0.6 is 11.8 Å². The van der Waals surface area contributed by atoms with E-state index in [9.17, 15) is 18.0 Å². The highest BCUT2D eigenvalue weighted by atomic mass is 32.2. The van der Waals surface area contributed by atoms with Crippen LogP contribution in [0.1, 0.15) is 39.7 Å². The minimum absolute atomic E-state index is 0.0516. The second kappa shape index (κ2) is 15.7. The summed E-state index contributed by atoms with van der Waals surface area (Å²) in [4.78, 5) is 30.0. The number of amides is 2. The van der Waals surface area contributed by atoms with Gasteiger partial charge in [0.25, 0.3) is 10.0 Å². The van der Waals surface area contributed by atoms with Crippen LogP contribution in [-0.2, 0) is 26.2 Å². The Morgan fingerprint density at radius 1 is 0.929 bits per heavy atom. The molecule has 3 aromatic carbocycles. The maximum Gasteiger partial charge on any atom is 0.264 e. The molecule has 0 unspecified atom stereocenters. The minimum atomic E-state index is -4.20. The highest BCUT2D eigenvalue weighted by molar-refractivity contribution is 7.98. The van der Waals surface area contributed by atoms with Gasteiger partial charge in [-0.3, -0.25) is 13.9 Å². The van der Waals surface area contributed by atoms with Crippen LogP contribution < -0.4 is 14.4 Å². The van der Waals surface area contributed by atoms with E-state index in [0.29, 0.717) is 25.3 Å². The molecule has 0 spiro atoms. The molecule has 0 fully saturated rings. The third kappa shape index (κ3) is 8.51. The van der Waals surface area contributed by atoms with Crippen LogP contribution in [0, 0.1) is 5.92 Å². The third-order valence-corrected chi connectivity index (χ3v) is 9.14. The Labute approximate surface area is 254 Å². The van der Waals surface area contributed by atoms with E-state index in [2.05, 4.69) is 5.32 Å². The van der Waals surface area contributed by atoms with Gasteiger partial charge in [0.05, 0.1) is 17.2 Å². The highest BCUT2D eigenvalue weighted by Crippen LogP contribution is 2.33. The molecule has 3 aromatic rings. The summed E-state index contributed by atoms with van der Waals surface area (Å²) in [7, 11) is -4.20. The Hall–Kier alpha value is -3.50. The number of hydrogen-bond donors (Lipinski definition) is 1. The molecule has 10 heteroatoms. The van der Waals surface area contributed by atoms with Crippen LogP contribution in [0.5, 0.6) is 5.75 Å². The molecular weight excluding hydrogens is 571 g/mol. The van der Waals surface area contributed by atoms with Crippen molar-refractivity contribution < 1.29 is 22.7 Å². The number of anilines is 1. The van der Waals surface area contributed by atoms with Gasteiger partial charge in [-0.15, -0.1) is 11.8 Å².